The molecule has 1 atom stereocenters. The van der Waals surface area contributed by atoms with Crippen LogP contribution in [0, 0.1) is 0 Å². The largest absolute Gasteiger partial charge is 0.418 e. The lowest BCUT2D eigenvalue weighted by Crippen LogP contribution is -2.19. The molecule has 1 N–H and O–H groups in total. The molecule has 0 aromatic carbocycles. The van der Waals surface area contributed by atoms with Gasteiger partial charge in [-0.2, -0.15) is 13.2 Å². The molecule has 2 rings (SSSR count). The van der Waals surface area contributed by atoms with Gasteiger partial charge in [-0.1, -0.05) is 0 Å². The van der Waals surface area contributed by atoms with Gasteiger partial charge in [-0.3, -0.25) is 0 Å². The summed E-state index contributed by atoms with van der Waals surface area (Å²) in [7, 11) is 0. The number of hydrogen-bond acceptors (Lipinski definition) is 3. The molecule has 0 amide bonds. The first-order chi connectivity index (χ1) is 8.47. The van der Waals surface area contributed by atoms with Gasteiger partial charge in [-0.05, 0) is 12.1 Å². The Hall–Kier alpha value is -1.89. The van der Waals surface area contributed by atoms with Gasteiger partial charge in [0.1, 0.15) is 5.82 Å². The predicted molar refractivity (Wildman–Crippen MR) is 56.6 cm³/mol. The van der Waals surface area contributed by atoms with Crippen molar-refractivity contribution in [1.82, 2.24) is 14.5 Å². The van der Waals surface area contributed by atoms with Crippen molar-refractivity contribution in [1.29, 1.82) is 0 Å². The normalized spacial score (nSPS) is 13.6. The second-order valence-electron chi connectivity index (χ2n) is 3.73. The lowest BCUT2D eigenvalue weighted by molar-refractivity contribution is -0.206. The Morgan fingerprint density at radius 3 is 2.56 bits per heavy atom. The van der Waals surface area contributed by atoms with E-state index in [0.29, 0.717) is 5.82 Å². The molecular formula is C11H10F3N3O. The summed E-state index contributed by atoms with van der Waals surface area (Å²) in [6.07, 6.45) is -1.34. The molecule has 4 nitrogen and oxygen atoms in total. The van der Waals surface area contributed by atoms with Crippen molar-refractivity contribution in [3.05, 3.63) is 48.3 Å². The van der Waals surface area contributed by atoms with Crippen LogP contribution in [0.15, 0.2) is 36.9 Å². The van der Waals surface area contributed by atoms with E-state index >= 15 is 0 Å². The number of rotatable bonds is 3. The van der Waals surface area contributed by atoms with Crippen LogP contribution < -0.4 is 0 Å². The number of hydrogen-bond donors (Lipinski definition) is 1. The number of aliphatic hydroxyl groups excluding tert-OH is 1. The summed E-state index contributed by atoms with van der Waals surface area (Å²) < 4.78 is 38.3. The Balaban J connectivity index is 2.12. The average Bonchev–Trinajstić information content (AvgIpc) is 2.76. The molecule has 0 saturated heterocycles. The van der Waals surface area contributed by atoms with Gasteiger partial charge in [0.2, 0.25) is 0 Å². The Labute approximate surface area is 101 Å². The fraction of sp³-hybridized carbons (Fsp3) is 0.273. The van der Waals surface area contributed by atoms with Gasteiger partial charge in [-0.25, -0.2) is 9.97 Å². The lowest BCUT2D eigenvalue weighted by atomic mass is 10.2. The van der Waals surface area contributed by atoms with Crippen LogP contribution in [-0.2, 0) is 6.54 Å². The highest BCUT2D eigenvalue weighted by molar-refractivity contribution is 5.15. The molecule has 0 spiro atoms. The Morgan fingerprint density at radius 2 is 1.94 bits per heavy atom. The summed E-state index contributed by atoms with van der Waals surface area (Å²) in [4.78, 5) is 7.92. The molecule has 0 aliphatic carbocycles. The molecule has 1 unspecified atom stereocenters. The minimum absolute atomic E-state index is 0.196. The molecule has 0 fully saturated rings. The van der Waals surface area contributed by atoms with Gasteiger partial charge in [0.25, 0.3) is 0 Å². The van der Waals surface area contributed by atoms with E-state index in [1.165, 1.54) is 23.0 Å². The molecule has 0 aliphatic heterocycles. The second-order valence-corrected chi connectivity index (χ2v) is 3.73. The van der Waals surface area contributed by atoms with Crippen molar-refractivity contribution in [2.24, 2.45) is 0 Å². The SMILES string of the molecule is OC(c1ccn(Cc2ncccn2)c1)C(F)(F)F. The van der Waals surface area contributed by atoms with Gasteiger partial charge in [0.15, 0.2) is 6.10 Å². The molecule has 0 saturated carbocycles. The standard InChI is InChI=1S/C11H10F3N3O/c12-11(13,14)10(18)8-2-5-17(6-8)7-9-15-3-1-4-16-9/h1-6,10,18H,7H2. The maximum absolute atomic E-state index is 12.3. The van der Waals surface area contributed by atoms with E-state index in [2.05, 4.69) is 9.97 Å². The first kappa shape index (κ1) is 12.6. The van der Waals surface area contributed by atoms with Crippen LogP contribution in [0.3, 0.4) is 0 Å². The van der Waals surface area contributed by atoms with Crippen LogP contribution >= 0.6 is 0 Å². The van der Waals surface area contributed by atoms with Crippen molar-refractivity contribution in [3.8, 4) is 0 Å². The maximum Gasteiger partial charge on any atom is 0.418 e. The van der Waals surface area contributed by atoms with Crippen LogP contribution in [0.5, 0.6) is 0 Å². The summed E-state index contributed by atoms with van der Waals surface area (Å²) in [5, 5.41) is 9.07. The molecule has 18 heavy (non-hydrogen) atoms. The molecule has 7 heteroatoms. The number of aliphatic hydroxyl groups is 1. The lowest BCUT2D eigenvalue weighted by Gasteiger charge is -2.12. The van der Waals surface area contributed by atoms with Crippen LogP contribution in [0.1, 0.15) is 17.5 Å². The van der Waals surface area contributed by atoms with Crippen molar-refractivity contribution >= 4 is 0 Å². The average molecular weight is 257 g/mol. The fourth-order valence-corrected chi connectivity index (χ4v) is 1.48. The van der Waals surface area contributed by atoms with Gasteiger partial charge >= 0.3 is 6.18 Å². The molecule has 2 aromatic heterocycles. The number of halogens is 3. The van der Waals surface area contributed by atoms with Gasteiger partial charge in [-0.15, -0.1) is 0 Å². The molecule has 2 aromatic rings. The van der Waals surface area contributed by atoms with Crippen molar-refractivity contribution in [2.45, 2.75) is 18.8 Å². The van der Waals surface area contributed by atoms with E-state index in [0.717, 1.165) is 0 Å². The molecule has 2 heterocycles. The van der Waals surface area contributed by atoms with Crippen LogP contribution in [0.4, 0.5) is 13.2 Å². The molecule has 96 valence electrons. The summed E-state index contributed by atoms with van der Waals surface area (Å²) in [5.41, 5.74) is -0.196. The van der Waals surface area contributed by atoms with Crippen molar-refractivity contribution in [3.63, 3.8) is 0 Å². The van der Waals surface area contributed by atoms with E-state index in [9.17, 15) is 13.2 Å². The first-order valence-electron chi connectivity index (χ1n) is 5.13. The van der Waals surface area contributed by atoms with E-state index in [1.807, 2.05) is 0 Å². The highest BCUT2D eigenvalue weighted by Gasteiger charge is 2.39. The van der Waals surface area contributed by atoms with Gasteiger partial charge in [0, 0.05) is 30.4 Å². The molecule has 0 aliphatic rings. The third kappa shape index (κ3) is 2.86. The highest BCUT2D eigenvalue weighted by Crippen LogP contribution is 2.32. The highest BCUT2D eigenvalue weighted by atomic mass is 19.4. The summed E-state index contributed by atoms with van der Waals surface area (Å²) in [6.45, 7) is 0.255. The molecule has 0 radical (unpaired) electrons. The van der Waals surface area contributed by atoms with Crippen LogP contribution in [0.2, 0.25) is 0 Å². The fourth-order valence-electron chi connectivity index (χ4n) is 1.48. The topological polar surface area (TPSA) is 50.9 Å². The number of nitrogens with zero attached hydrogens (tertiary/aromatic N) is 3. The van der Waals surface area contributed by atoms with E-state index < -0.39 is 12.3 Å². The third-order valence-electron chi connectivity index (χ3n) is 2.34. The Morgan fingerprint density at radius 1 is 1.28 bits per heavy atom. The zero-order valence-corrected chi connectivity index (χ0v) is 9.17. The second kappa shape index (κ2) is 4.77. The smallest absolute Gasteiger partial charge is 0.379 e. The monoisotopic (exact) mass is 257 g/mol. The van der Waals surface area contributed by atoms with Crippen LogP contribution in [-0.4, -0.2) is 25.8 Å². The quantitative estimate of drug-likeness (QED) is 0.914. The zero-order chi connectivity index (χ0) is 13.2. The van der Waals surface area contributed by atoms with Crippen molar-refractivity contribution in [2.75, 3.05) is 0 Å². The summed E-state index contributed by atoms with van der Waals surface area (Å²) in [5.74, 6) is 0.487. The van der Waals surface area contributed by atoms with Gasteiger partial charge in [0.05, 0.1) is 6.54 Å². The first-order valence-corrected chi connectivity index (χ1v) is 5.13. The minimum atomic E-state index is -4.66. The number of alkyl halides is 3. The van der Waals surface area contributed by atoms with E-state index in [-0.39, 0.29) is 12.1 Å². The molecule has 0 bridgehead atoms. The Bertz CT molecular complexity index is 510. The maximum atomic E-state index is 12.3. The van der Waals surface area contributed by atoms with Gasteiger partial charge < -0.3 is 9.67 Å². The van der Waals surface area contributed by atoms with E-state index in [1.54, 1.807) is 18.5 Å². The predicted octanol–water partition coefficient (Wildman–Crippen LogP) is 1.92. The van der Waals surface area contributed by atoms with Crippen molar-refractivity contribution < 1.29 is 18.3 Å². The number of aromatic nitrogens is 3. The molecular weight excluding hydrogens is 247 g/mol. The minimum Gasteiger partial charge on any atom is -0.379 e. The van der Waals surface area contributed by atoms with E-state index in [4.69, 9.17) is 5.11 Å². The zero-order valence-electron chi connectivity index (χ0n) is 9.17. The third-order valence-corrected chi connectivity index (χ3v) is 2.34. The summed E-state index contributed by atoms with van der Waals surface area (Å²) >= 11 is 0. The Kier molecular flexibility index (Phi) is 3.33. The summed E-state index contributed by atoms with van der Waals surface area (Å²) in [6, 6.07) is 2.87. The van der Waals surface area contributed by atoms with Crippen LogP contribution in [0.25, 0.3) is 0 Å².